The molecule has 0 radical (unpaired) electrons. The molecule has 3 N–H and O–H groups in total. The molecule has 4 aromatic rings. The molecule has 15 heteroatoms. The summed E-state index contributed by atoms with van der Waals surface area (Å²) in [6, 6.07) is 2.52. The topological polar surface area (TPSA) is 150 Å². The monoisotopic (exact) mass is 519 g/mol. The molecular formula is C20H19Cl2N9O4. The molecule has 0 spiro atoms. The highest BCUT2D eigenvalue weighted by molar-refractivity contribution is 6.32. The normalized spacial score (nSPS) is 11.9. The molecule has 0 bridgehead atoms. The summed E-state index contributed by atoms with van der Waals surface area (Å²) < 4.78 is 8.25. The van der Waals surface area contributed by atoms with E-state index in [1.165, 1.54) is 54.3 Å². The zero-order valence-electron chi connectivity index (χ0n) is 18.6. The van der Waals surface area contributed by atoms with E-state index in [-0.39, 0.29) is 21.6 Å². The van der Waals surface area contributed by atoms with Gasteiger partial charge >= 0.3 is 6.03 Å². The number of rotatable bonds is 7. The molecule has 0 fully saturated rings. The number of hydroxylamine groups is 1. The second-order valence-corrected chi connectivity index (χ2v) is 7.88. The predicted octanol–water partition coefficient (Wildman–Crippen LogP) is 3.26. The molecule has 0 aliphatic rings. The van der Waals surface area contributed by atoms with Crippen LogP contribution in [0, 0.1) is 0 Å². The van der Waals surface area contributed by atoms with Crippen LogP contribution in [0.2, 0.25) is 10.2 Å². The number of anilines is 2. The van der Waals surface area contributed by atoms with Gasteiger partial charge in [0.1, 0.15) is 0 Å². The van der Waals surface area contributed by atoms with E-state index in [9.17, 15) is 9.59 Å². The largest absolute Gasteiger partial charge is 0.375 e. The first-order chi connectivity index (χ1) is 16.8. The van der Waals surface area contributed by atoms with E-state index in [2.05, 4.69) is 41.1 Å². The predicted molar refractivity (Wildman–Crippen MR) is 127 cm³/mol. The summed E-state index contributed by atoms with van der Waals surface area (Å²) in [7, 11) is 2.86. The van der Waals surface area contributed by atoms with Crippen LogP contribution in [0.15, 0.2) is 36.9 Å². The van der Waals surface area contributed by atoms with Crippen LogP contribution in [0.5, 0.6) is 0 Å². The molecule has 3 amide bonds. The number of ether oxygens (including phenoxy) is 1. The fourth-order valence-corrected chi connectivity index (χ4v) is 3.61. The molecule has 0 saturated heterocycles. The number of hydrogen-bond acceptors (Lipinski definition) is 8. The van der Waals surface area contributed by atoms with Gasteiger partial charge in [0.15, 0.2) is 16.6 Å². The zero-order valence-corrected chi connectivity index (χ0v) is 20.1. The average molecular weight is 520 g/mol. The van der Waals surface area contributed by atoms with Gasteiger partial charge in [0.2, 0.25) is 0 Å². The van der Waals surface area contributed by atoms with Gasteiger partial charge < -0.3 is 15.4 Å². The van der Waals surface area contributed by atoms with Crippen molar-refractivity contribution in [3.63, 3.8) is 0 Å². The van der Waals surface area contributed by atoms with Crippen molar-refractivity contribution in [2.24, 2.45) is 0 Å². The van der Waals surface area contributed by atoms with Crippen LogP contribution in [0.1, 0.15) is 29.1 Å². The van der Waals surface area contributed by atoms with Crippen molar-refractivity contribution in [1.29, 1.82) is 0 Å². The van der Waals surface area contributed by atoms with Gasteiger partial charge in [-0.3, -0.25) is 9.63 Å². The summed E-state index contributed by atoms with van der Waals surface area (Å²) in [6.07, 6.45) is 5.23. The van der Waals surface area contributed by atoms with Crippen LogP contribution in [0.25, 0.3) is 11.5 Å². The van der Waals surface area contributed by atoms with Crippen molar-refractivity contribution in [3.8, 4) is 5.82 Å². The average Bonchev–Trinajstić information content (AvgIpc) is 3.45. The number of hydrogen-bond donors (Lipinski definition) is 3. The molecule has 0 unspecified atom stereocenters. The number of nitrogens with zero attached hydrogens (tertiary/aromatic N) is 6. The molecule has 182 valence electrons. The van der Waals surface area contributed by atoms with Gasteiger partial charge in [0.25, 0.3) is 5.91 Å². The quantitative estimate of drug-likeness (QED) is 0.315. The first kappa shape index (κ1) is 24.3. The number of halogens is 2. The smallest absolute Gasteiger partial charge is 0.323 e. The Morgan fingerprint density at radius 1 is 1.09 bits per heavy atom. The summed E-state index contributed by atoms with van der Waals surface area (Å²) in [5, 5.41) is 14.1. The third-order valence-electron chi connectivity index (χ3n) is 4.81. The lowest BCUT2D eigenvalue weighted by atomic mass is 10.2. The van der Waals surface area contributed by atoms with Crippen molar-refractivity contribution >= 4 is 52.2 Å². The molecule has 13 nitrogen and oxygen atoms in total. The maximum absolute atomic E-state index is 12.7. The van der Waals surface area contributed by atoms with Crippen molar-refractivity contribution in [3.05, 3.63) is 58.4 Å². The van der Waals surface area contributed by atoms with E-state index in [0.29, 0.717) is 22.7 Å². The Hall–Kier alpha value is -3.78. The Morgan fingerprint density at radius 3 is 2.60 bits per heavy atom. The maximum Gasteiger partial charge on any atom is 0.323 e. The fourth-order valence-electron chi connectivity index (χ4n) is 3.18. The standard InChI is InChI=1S/C20H19Cl2N9O4/c1-10(34-2)17-14(8-23-16-5-15(22)28-31(16)17)27-20(33)26-12-4-13(21)18(24-7-12)30-9-11(6-25-30)19(32)29-35-3/h4-10H,1-3H3,(H,29,32)(H2,26,27,33)/t10-/m0/s1. The zero-order chi connectivity index (χ0) is 25.1. The number of carbonyl (C=O) groups is 2. The minimum absolute atomic E-state index is 0.188. The van der Waals surface area contributed by atoms with Crippen molar-refractivity contribution in [2.45, 2.75) is 13.0 Å². The Balaban J connectivity index is 1.52. The van der Waals surface area contributed by atoms with Gasteiger partial charge in [0, 0.05) is 19.4 Å². The third-order valence-corrected chi connectivity index (χ3v) is 5.28. The van der Waals surface area contributed by atoms with E-state index in [0.717, 1.165) is 0 Å². The lowest BCUT2D eigenvalue weighted by Gasteiger charge is -2.17. The van der Waals surface area contributed by atoms with Gasteiger partial charge in [-0.15, -0.1) is 0 Å². The highest BCUT2D eigenvalue weighted by Crippen LogP contribution is 2.27. The summed E-state index contributed by atoms with van der Waals surface area (Å²) in [5.74, 6) is -0.215. The molecular weight excluding hydrogens is 501 g/mol. The molecule has 0 aliphatic carbocycles. The molecule has 4 aromatic heterocycles. The molecule has 0 aliphatic heterocycles. The number of urea groups is 1. The number of fused-ring (bicyclic) bond motifs is 1. The molecule has 4 heterocycles. The summed E-state index contributed by atoms with van der Waals surface area (Å²) in [4.78, 5) is 37.6. The minimum Gasteiger partial charge on any atom is -0.375 e. The van der Waals surface area contributed by atoms with Gasteiger partial charge in [0.05, 0.1) is 59.5 Å². The molecule has 1 atom stereocenters. The number of amides is 3. The molecule has 0 aromatic carbocycles. The first-order valence-corrected chi connectivity index (χ1v) is 10.7. The Kier molecular flexibility index (Phi) is 7.12. The highest BCUT2D eigenvalue weighted by atomic mass is 35.5. The lowest BCUT2D eigenvalue weighted by Crippen LogP contribution is -2.22. The van der Waals surface area contributed by atoms with Crippen LogP contribution in [-0.4, -0.2) is 55.5 Å². The van der Waals surface area contributed by atoms with E-state index < -0.39 is 18.0 Å². The molecule has 4 rings (SSSR count). The highest BCUT2D eigenvalue weighted by Gasteiger charge is 2.19. The van der Waals surface area contributed by atoms with E-state index in [1.54, 1.807) is 13.0 Å². The van der Waals surface area contributed by atoms with Gasteiger partial charge in [-0.1, -0.05) is 23.2 Å². The summed E-state index contributed by atoms with van der Waals surface area (Å²) in [6.45, 7) is 1.80. The number of carbonyl (C=O) groups excluding carboxylic acids is 2. The van der Waals surface area contributed by atoms with Crippen molar-refractivity contribution < 1.29 is 19.2 Å². The third kappa shape index (κ3) is 5.17. The minimum atomic E-state index is -0.572. The molecule has 0 saturated carbocycles. The maximum atomic E-state index is 12.7. The lowest BCUT2D eigenvalue weighted by molar-refractivity contribution is 0.0537. The van der Waals surface area contributed by atoms with E-state index in [1.807, 2.05) is 0 Å². The van der Waals surface area contributed by atoms with Gasteiger partial charge in [-0.25, -0.2) is 29.4 Å². The second kappa shape index (κ2) is 10.2. The van der Waals surface area contributed by atoms with Gasteiger partial charge in [-0.05, 0) is 13.0 Å². The van der Waals surface area contributed by atoms with Crippen LogP contribution < -0.4 is 16.1 Å². The van der Waals surface area contributed by atoms with E-state index >= 15 is 0 Å². The Labute approximate surface area is 208 Å². The van der Waals surface area contributed by atoms with E-state index in [4.69, 9.17) is 27.9 Å². The number of pyridine rings is 1. The van der Waals surface area contributed by atoms with Crippen LogP contribution >= 0.6 is 23.2 Å². The number of aromatic nitrogens is 6. The summed E-state index contributed by atoms with van der Waals surface area (Å²) >= 11 is 12.3. The van der Waals surface area contributed by atoms with Gasteiger partial charge in [-0.2, -0.15) is 10.2 Å². The van der Waals surface area contributed by atoms with Crippen molar-refractivity contribution in [1.82, 2.24) is 34.8 Å². The van der Waals surface area contributed by atoms with Crippen LogP contribution in [0.3, 0.4) is 0 Å². The number of methoxy groups -OCH3 is 1. The van der Waals surface area contributed by atoms with Crippen LogP contribution in [0.4, 0.5) is 16.2 Å². The molecule has 35 heavy (non-hydrogen) atoms. The van der Waals surface area contributed by atoms with Crippen LogP contribution in [-0.2, 0) is 9.57 Å². The fraction of sp³-hybridized carbons (Fsp3) is 0.200. The summed E-state index contributed by atoms with van der Waals surface area (Å²) in [5.41, 5.74) is 4.19. The number of nitrogens with one attached hydrogen (secondary N) is 3. The van der Waals surface area contributed by atoms with Crippen molar-refractivity contribution in [2.75, 3.05) is 24.9 Å². The SMILES string of the molecule is CONC(=O)c1cnn(-c2ncc(NC(=O)Nc3cnc4cc(Cl)nn4c3[C@H](C)OC)cc2Cl)c1. The second-order valence-electron chi connectivity index (χ2n) is 7.09. The Bertz CT molecular complexity index is 1400. The Morgan fingerprint density at radius 2 is 1.89 bits per heavy atom. The first-order valence-electron chi connectivity index (χ1n) is 9.99.